The van der Waals surface area contributed by atoms with Gasteiger partial charge in [0.2, 0.25) is 0 Å². The number of hydrogen-bond donors (Lipinski definition) is 1. The number of rotatable bonds is 2. The first-order valence-electron chi connectivity index (χ1n) is 4.19. The summed E-state index contributed by atoms with van der Waals surface area (Å²) in [6, 6.07) is 4.14. The number of hydrogen-bond acceptors (Lipinski definition) is 4. The van der Waals surface area contributed by atoms with Gasteiger partial charge in [-0.15, -0.1) is 0 Å². The topological polar surface area (TPSA) is 70.3 Å². The molecule has 0 atom stereocenters. The highest BCUT2D eigenvalue weighted by Gasteiger charge is 2.16. The van der Waals surface area contributed by atoms with Crippen molar-refractivity contribution in [2.45, 2.75) is 6.92 Å². The van der Waals surface area contributed by atoms with Gasteiger partial charge < -0.3 is 9.84 Å². The molecule has 0 saturated carbocycles. The Hall–Kier alpha value is -1.73. The van der Waals surface area contributed by atoms with E-state index in [1.165, 1.54) is 6.07 Å². The minimum atomic E-state index is -0.674. The lowest BCUT2D eigenvalue weighted by Crippen LogP contribution is -2.07. The highest BCUT2D eigenvalue weighted by atomic mass is 35.5. The molecule has 0 fully saturated rings. The fourth-order valence-corrected chi connectivity index (χ4v) is 1.33. The van der Waals surface area contributed by atoms with Crippen molar-refractivity contribution in [3.05, 3.63) is 28.3 Å². The number of aromatic hydroxyl groups is 1. The first-order valence-corrected chi connectivity index (χ1v) is 4.57. The molecule has 0 aliphatic carbocycles. The van der Waals surface area contributed by atoms with E-state index in [1.807, 2.05) is 0 Å². The molecule has 0 spiro atoms. The molecule has 0 aliphatic heterocycles. The monoisotopic (exact) mass is 225 g/mol. The van der Waals surface area contributed by atoms with Crippen LogP contribution in [0.25, 0.3) is 0 Å². The third kappa shape index (κ3) is 2.39. The van der Waals surface area contributed by atoms with E-state index in [0.717, 1.165) is 6.07 Å². The van der Waals surface area contributed by atoms with Crippen LogP contribution in [0.3, 0.4) is 0 Å². The van der Waals surface area contributed by atoms with Crippen molar-refractivity contribution in [2.75, 3.05) is 6.61 Å². The SMILES string of the molecule is CCOC(=O)c1cc(O)cc(Cl)c1C#N. The van der Waals surface area contributed by atoms with Gasteiger partial charge in [0.15, 0.2) is 0 Å². The maximum Gasteiger partial charge on any atom is 0.339 e. The van der Waals surface area contributed by atoms with Crippen LogP contribution in [0.1, 0.15) is 22.8 Å². The van der Waals surface area contributed by atoms with Crippen molar-refractivity contribution in [1.29, 1.82) is 5.26 Å². The second kappa shape index (κ2) is 4.67. The first-order chi connectivity index (χ1) is 7.10. The number of phenols is 1. The number of esters is 1. The molecule has 4 nitrogen and oxygen atoms in total. The molecule has 1 aromatic carbocycles. The molecule has 5 heteroatoms. The van der Waals surface area contributed by atoms with E-state index < -0.39 is 5.97 Å². The molecule has 1 aromatic rings. The number of nitrogens with zero attached hydrogens (tertiary/aromatic N) is 1. The highest BCUT2D eigenvalue weighted by Crippen LogP contribution is 2.25. The first kappa shape index (κ1) is 11.3. The van der Waals surface area contributed by atoms with Crippen molar-refractivity contribution in [3.63, 3.8) is 0 Å². The Balaban J connectivity index is 3.28. The smallest absolute Gasteiger partial charge is 0.339 e. The molecular formula is C10H8ClNO3. The van der Waals surface area contributed by atoms with Crippen LogP contribution in [0.4, 0.5) is 0 Å². The molecule has 0 unspecified atom stereocenters. The van der Waals surface area contributed by atoms with Gasteiger partial charge in [-0.1, -0.05) is 11.6 Å². The van der Waals surface area contributed by atoms with Crippen LogP contribution in [0.2, 0.25) is 5.02 Å². The standard InChI is InChI=1S/C10H8ClNO3/c1-2-15-10(14)7-3-6(13)4-9(11)8(7)5-12/h3-4,13H,2H2,1H3. The molecule has 1 N–H and O–H groups in total. The van der Waals surface area contributed by atoms with E-state index >= 15 is 0 Å². The third-order valence-electron chi connectivity index (χ3n) is 1.68. The summed E-state index contributed by atoms with van der Waals surface area (Å²) >= 11 is 5.69. The largest absolute Gasteiger partial charge is 0.508 e. The van der Waals surface area contributed by atoms with Gasteiger partial charge in [0.25, 0.3) is 0 Å². The summed E-state index contributed by atoms with van der Waals surface area (Å²) in [4.78, 5) is 11.4. The zero-order valence-electron chi connectivity index (χ0n) is 7.95. The predicted octanol–water partition coefficient (Wildman–Crippen LogP) is 2.09. The quantitative estimate of drug-likeness (QED) is 0.783. The highest BCUT2D eigenvalue weighted by molar-refractivity contribution is 6.32. The van der Waals surface area contributed by atoms with Crippen molar-refractivity contribution >= 4 is 17.6 Å². The zero-order valence-corrected chi connectivity index (χ0v) is 8.71. The van der Waals surface area contributed by atoms with Crippen LogP contribution in [0, 0.1) is 11.3 Å². The Bertz CT molecular complexity index is 437. The van der Waals surface area contributed by atoms with Gasteiger partial charge in [0.05, 0.1) is 22.8 Å². The van der Waals surface area contributed by atoms with Crippen LogP contribution < -0.4 is 0 Å². The minimum absolute atomic E-state index is 0.00733. The number of carbonyl (C=O) groups is 1. The molecule has 78 valence electrons. The number of benzene rings is 1. The van der Waals surface area contributed by atoms with Gasteiger partial charge in [-0.2, -0.15) is 5.26 Å². The fourth-order valence-electron chi connectivity index (χ4n) is 1.08. The molecule has 0 aliphatic rings. The van der Waals surface area contributed by atoms with Gasteiger partial charge in [-0.25, -0.2) is 4.79 Å². The Labute approximate surface area is 91.7 Å². The third-order valence-corrected chi connectivity index (χ3v) is 1.98. The molecule has 0 heterocycles. The molecule has 0 bridgehead atoms. The second-order valence-electron chi connectivity index (χ2n) is 2.68. The summed E-state index contributed by atoms with van der Waals surface area (Å²) in [6.07, 6.45) is 0. The van der Waals surface area contributed by atoms with Crippen molar-refractivity contribution in [3.8, 4) is 11.8 Å². The Kier molecular flexibility index (Phi) is 3.53. The van der Waals surface area contributed by atoms with Crippen LogP contribution in [-0.4, -0.2) is 17.7 Å². The lowest BCUT2D eigenvalue weighted by molar-refractivity contribution is 0.0525. The number of halogens is 1. The van der Waals surface area contributed by atoms with Crippen molar-refractivity contribution in [1.82, 2.24) is 0 Å². The lowest BCUT2D eigenvalue weighted by atomic mass is 10.1. The Morgan fingerprint density at radius 2 is 2.33 bits per heavy atom. The van der Waals surface area contributed by atoms with Gasteiger partial charge in [0, 0.05) is 0 Å². The second-order valence-corrected chi connectivity index (χ2v) is 3.09. The van der Waals surface area contributed by atoms with E-state index in [4.69, 9.17) is 21.6 Å². The van der Waals surface area contributed by atoms with Crippen LogP contribution in [0.15, 0.2) is 12.1 Å². The van der Waals surface area contributed by atoms with Gasteiger partial charge in [-0.05, 0) is 19.1 Å². The number of ether oxygens (including phenoxy) is 1. The molecular weight excluding hydrogens is 218 g/mol. The fraction of sp³-hybridized carbons (Fsp3) is 0.200. The van der Waals surface area contributed by atoms with E-state index in [1.54, 1.807) is 13.0 Å². The number of carbonyl (C=O) groups excluding carboxylic acids is 1. The van der Waals surface area contributed by atoms with Gasteiger partial charge in [0.1, 0.15) is 11.8 Å². The summed E-state index contributed by atoms with van der Waals surface area (Å²) in [5.41, 5.74) is -0.0164. The van der Waals surface area contributed by atoms with Crippen LogP contribution in [0.5, 0.6) is 5.75 Å². The number of phenolic OH excluding ortho intramolecular Hbond substituents is 1. The van der Waals surface area contributed by atoms with Crippen LogP contribution >= 0.6 is 11.6 Å². The molecule has 1 rings (SSSR count). The summed E-state index contributed by atoms with van der Waals surface area (Å²) in [6.45, 7) is 1.84. The van der Waals surface area contributed by atoms with E-state index in [2.05, 4.69) is 0 Å². The average molecular weight is 226 g/mol. The predicted molar refractivity (Wildman–Crippen MR) is 53.8 cm³/mol. The number of nitriles is 1. The summed E-state index contributed by atoms with van der Waals surface area (Å²) in [7, 11) is 0. The summed E-state index contributed by atoms with van der Waals surface area (Å²) < 4.78 is 4.72. The Morgan fingerprint density at radius 1 is 1.67 bits per heavy atom. The molecule has 15 heavy (non-hydrogen) atoms. The van der Waals surface area contributed by atoms with Crippen molar-refractivity contribution in [2.24, 2.45) is 0 Å². The summed E-state index contributed by atoms with van der Waals surface area (Å²) in [5, 5.41) is 18.0. The maximum absolute atomic E-state index is 11.4. The molecule has 0 saturated heterocycles. The van der Waals surface area contributed by atoms with Crippen molar-refractivity contribution < 1.29 is 14.6 Å². The van der Waals surface area contributed by atoms with E-state index in [-0.39, 0.29) is 28.5 Å². The molecule has 0 aromatic heterocycles. The van der Waals surface area contributed by atoms with Gasteiger partial charge in [-0.3, -0.25) is 0 Å². The summed E-state index contributed by atoms with van der Waals surface area (Å²) in [5.74, 6) is -0.853. The molecule has 0 radical (unpaired) electrons. The maximum atomic E-state index is 11.4. The Morgan fingerprint density at radius 3 is 2.87 bits per heavy atom. The molecule has 0 amide bonds. The van der Waals surface area contributed by atoms with Gasteiger partial charge >= 0.3 is 5.97 Å². The van der Waals surface area contributed by atoms with E-state index in [0.29, 0.717) is 0 Å². The van der Waals surface area contributed by atoms with Crippen LogP contribution in [-0.2, 0) is 4.74 Å². The minimum Gasteiger partial charge on any atom is -0.508 e. The van der Waals surface area contributed by atoms with E-state index in [9.17, 15) is 9.90 Å². The lowest BCUT2D eigenvalue weighted by Gasteiger charge is -2.05. The average Bonchev–Trinajstić information content (AvgIpc) is 2.17. The normalized spacial score (nSPS) is 9.40. The zero-order chi connectivity index (χ0) is 11.4.